The molecule has 0 unspecified atom stereocenters. The molecular weight excluding hydrogens is 262 g/mol. The molecule has 1 aliphatic heterocycles. The molecule has 1 aliphatic carbocycles. The molecule has 19 heavy (non-hydrogen) atoms. The van der Waals surface area contributed by atoms with Gasteiger partial charge in [-0.15, -0.1) is 0 Å². The van der Waals surface area contributed by atoms with Gasteiger partial charge in [0.15, 0.2) is 9.84 Å². The zero-order valence-electron chi connectivity index (χ0n) is 12.2. The summed E-state index contributed by atoms with van der Waals surface area (Å²) in [6, 6.07) is 0.682. The van der Waals surface area contributed by atoms with E-state index in [0.29, 0.717) is 11.8 Å². The highest BCUT2D eigenvalue weighted by molar-refractivity contribution is 7.91. The highest BCUT2D eigenvalue weighted by Gasteiger charge is 2.35. The Labute approximate surface area is 117 Å². The molecule has 0 atom stereocenters. The molecule has 4 nitrogen and oxygen atoms in total. The van der Waals surface area contributed by atoms with Gasteiger partial charge in [0.1, 0.15) is 0 Å². The van der Waals surface area contributed by atoms with Gasteiger partial charge in [0.2, 0.25) is 0 Å². The molecule has 0 spiro atoms. The standard InChI is InChI=1S/C14H27NO3S/c1-12(2)19(16,17)10-7-14(5-8-18-9-6-14)11-15-13-3-4-13/h12-13,15H,3-11H2,1-2H3. The summed E-state index contributed by atoms with van der Waals surface area (Å²) in [5, 5.41) is 3.32. The first-order valence-electron chi connectivity index (χ1n) is 7.46. The number of hydrogen-bond donors (Lipinski definition) is 1. The van der Waals surface area contributed by atoms with Crippen molar-refractivity contribution in [1.82, 2.24) is 5.32 Å². The van der Waals surface area contributed by atoms with E-state index >= 15 is 0 Å². The van der Waals surface area contributed by atoms with Crippen LogP contribution in [0.3, 0.4) is 0 Å². The molecule has 1 saturated carbocycles. The van der Waals surface area contributed by atoms with Crippen LogP contribution in [0.2, 0.25) is 0 Å². The van der Waals surface area contributed by atoms with Gasteiger partial charge in [0.25, 0.3) is 0 Å². The summed E-state index contributed by atoms with van der Waals surface area (Å²) in [7, 11) is -2.93. The van der Waals surface area contributed by atoms with E-state index in [1.165, 1.54) is 12.8 Å². The first-order valence-corrected chi connectivity index (χ1v) is 9.18. The highest BCUT2D eigenvalue weighted by Crippen LogP contribution is 2.35. The summed E-state index contributed by atoms with van der Waals surface area (Å²) in [4.78, 5) is 0. The monoisotopic (exact) mass is 289 g/mol. The van der Waals surface area contributed by atoms with Gasteiger partial charge in [-0.25, -0.2) is 8.42 Å². The van der Waals surface area contributed by atoms with Crippen LogP contribution >= 0.6 is 0 Å². The molecule has 2 rings (SSSR count). The summed E-state index contributed by atoms with van der Waals surface area (Å²) >= 11 is 0. The molecule has 1 heterocycles. The topological polar surface area (TPSA) is 55.4 Å². The molecule has 0 radical (unpaired) electrons. The Balaban J connectivity index is 1.92. The van der Waals surface area contributed by atoms with E-state index in [2.05, 4.69) is 5.32 Å². The molecule has 0 amide bonds. The number of rotatable bonds is 7. The van der Waals surface area contributed by atoms with Crippen molar-refractivity contribution >= 4 is 9.84 Å². The third-order valence-electron chi connectivity index (χ3n) is 4.53. The number of ether oxygens (including phenoxy) is 1. The van der Waals surface area contributed by atoms with Crippen LogP contribution in [0.25, 0.3) is 0 Å². The van der Waals surface area contributed by atoms with Crippen LogP contribution in [0.1, 0.15) is 46.0 Å². The lowest BCUT2D eigenvalue weighted by Crippen LogP contribution is -2.41. The van der Waals surface area contributed by atoms with Crippen LogP contribution in [0.5, 0.6) is 0 Å². The molecule has 0 aromatic rings. The van der Waals surface area contributed by atoms with Crippen LogP contribution < -0.4 is 5.32 Å². The molecule has 0 bridgehead atoms. The second-order valence-electron chi connectivity index (χ2n) is 6.43. The molecule has 1 saturated heterocycles. The van der Waals surface area contributed by atoms with Crippen LogP contribution in [0.15, 0.2) is 0 Å². The van der Waals surface area contributed by atoms with Crippen LogP contribution in [0, 0.1) is 5.41 Å². The molecule has 1 N–H and O–H groups in total. The summed E-state index contributed by atoms with van der Waals surface area (Å²) in [5.74, 6) is 0.316. The fourth-order valence-electron chi connectivity index (χ4n) is 2.56. The lowest BCUT2D eigenvalue weighted by Gasteiger charge is -2.37. The summed E-state index contributed by atoms with van der Waals surface area (Å²) < 4.78 is 29.5. The van der Waals surface area contributed by atoms with E-state index in [-0.39, 0.29) is 10.7 Å². The van der Waals surface area contributed by atoms with E-state index in [9.17, 15) is 8.42 Å². The van der Waals surface area contributed by atoms with Crippen molar-refractivity contribution in [3.05, 3.63) is 0 Å². The van der Waals surface area contributed by atoms with Crippen molar-refractivity contribution in [2.24, 2.45) is 5.41 Å². The third kappa shape index (κ3) is 4.43. The summed E-state index contributed by atoms with van der Waals surface area (Å²) in [6.07, 6.45) is 5.30. The van der Waals surface area contributed by atoms with E-state index < -0.39 is 9.84 Å². The Morgan fingerprint density at radius 2 is 1.89 bits per heavy atom. The largest absolute Gasteiger partial charge is 0.381 e. The predicted molar refractivity (Wildman–Crippen MR) is 77.1 cm³/mol. The first-order chi connectivity index (χ1) is 8.94. The van der Waals surface area contributed by atoms with Gasteiger partial charge in [-0.1, -0.05) is 0 Å². The predicted octanol–water partition coefficient (Wildman–Crippen LogP) is 1.75. The van der Waals surface area contributed by atoms with Gasteiger partial charge in [0.05, 0.1) is 11.0 Å². The van der Waals surface area contributed by atoms with E-state index in [1.54, 1.807) is 13.8 Å². The zero-order chi connectivity index (χ0) is 13.9. The van der Waals surface area contributed by atoms with Crippen LogP contribution in [-0.4, -0.2) is 45.2 Å². The van der Waals surface area contributed by atoms with Crippen molar-refractivity contribution in [3.63, 3.8) is 0 Å². The van der Waals surface area contributed by atoms with Crippen molar-refractivity contribution in [1.29, 1.82) is 0 Å². The molecule has 0 aromatic carbocycles. The number of nitrogens with one attached hydrogen (secondary N) is 1. The van der Waals surface area contributed by atoms with Gasteiger partial charge in [-0.3, -0.25) is 0 Å². The zero-order valence-corrected chi connectivity index (χ0v) is 13.0. The van der Waals surface area contributed by atoms with E-state index in [1.807, 2.05) is 0 Å². The number of hydrogen-bond acceptors (Lipinski definition) is 4. The lowest BCUT2D eigenvalue weighted by molar-refractivity contribution is 0.0130. The van der Waals surface area contributed by atoms with E-state index in [4.69, 9.17) is 4.74 Å². The normalized spacial score (nSPS) is 23.7. The fraction of sp³-hybridized carbons (Fsp3) is 1.00. The SMILES string of the molecule is CC(C)S(=O)(=O)CCC1(CNC2CC2)CCOCC1. The Morgan fingerprint density at radius 3 is 2.42 bits per heavy atom. The molecular formula is C14H27NO3S. The Bertz CT molecular complexity index is 381. The van der Waals surface area contributed by atoms with Gasteiger partial charge < -0.3 is 10.1 Å². The Morgan fingerprint density at radius 1 is 1.26 bits per heavy atom. The quantitative estimate of drug-likeness (QED) is 0.776. The number of sulfone groups is 1. The molecule has 5 heteroatoms. The minimum Gasteiger partial charge on any atom is -0.381 e. The molecule has 2 aliphatic rings. The highest BCUT2D eigenvalue weighted by atomic mass is 32.2. The third-order valence-corrected chi connectivity index (χ3v) is 6.74. The average Bonchev–Trinajstić information content (AvgIpc) is 3.19. The fourth-order valence-corrected chi connectivity index (χ4v) is 3.75. The second kappa shape index (κ2) is 6.10. The van der Waals surface area contributed by atoms with Crippen molar-refractivity contribution in [2.75, 3.05) is 25.5 Å². The molecule has 0 aromatic heterocycles. The molecule has 2 fully saturated rings. The first kappa shape index (κ1) is 15.3. The summed E-state index contributed by atoms with van der Waals surface area (Å²) in [5.41, 5.74) is 0.128. The van der Waals surface area contributed by atoms with Crippen molar-refractivity contribution in [3.8, 4) is 0 Å². The van der Waals surface area contributed by atoms with Gasteiger partial charge in [0, 0.05) is 25.8 Å². The maximum absolute atomic E-state index is 12.0. The van der Waals surface area contributed by atoms with Crippen LogP contribution in [-0.2, 0) is 14.6 Å². The van der Waals surface area contributed by atoms with Gasteiger partial charge in [-0.2, -0.15) is 0 Å². The maximum Gasteiger partial charge on any atom is 0.152 e. The Kier molecular flexibility index (Phi) is 4.90. The van der Waals surface area contributed by atoms with Gasteiger partial charge >= 0.3 is 0 Å². The minimum atomic E-state index is -2.93. The van der Waals surface area contributed by atoms with Crippen molar-refractivity contribution < 1.29 is 13.2 Å². The van der Waals surface area contributed by atoms with Crippen molar-refractivity contribution in [2.45, 2.75) is 57.2 Å². The van der Waals surface area contributed by atoms with Gasteiger partial charge in [-0.05, 0) is 51.4 Å². The second-order valence-corrected chi connectivity index (χ2v) is 9.11. The van der Waals surface area contributed by atoms with E-state index in [0.717, 1.165) is 39.0 Å². The lowest BCUT2D eigenvalue weighted by atomic mass is 9.77. The average molecular weight is 289 g/mol. The molecule has 112 valence electrons. The Hall–Kier alpha value is -0.130. The summed E-state index contributed by atoms with van der Waals surface area (Å²) in [6.45, 7) is 6.04. The van der Waals surface area contributed by atoms with Crippen LogP contribution in [0.4, 0.5) is 0 Å². The maximum atomic E-state index is 12.0. The minimum absolute atomic E-state index is 0.128. The smallest absolute Gasteiger partial charge is 0.152 e.